The maximum Gasteiger partial charge on any atom is 1.00 e. The number of aryl methyl sites for hydroxylation is 2. The van der Waals surface area contributed by atoms with Crippen molar-refractivity contribution in [1.82, 2.24) is 0 Å². The van der Waals surface area contributed by atoms with Gasteiger partial charge in [-0.1, -0.05) is 128 Å². The molecular weight excluding hydrogens is 463 g/mol. The normalized spacial score (nSPS) is 11.6. The molecule has 0 amide bonds. The second-order valence-corrected chi connectivity index (χ2v) is 11.4. The van der Waals surface area contributed by atoms with E-state index in [-0.39, 0.29) is 34.5 Å². The van der Waals surface area contributed by atoms with Crippen LogP contribution in [0.3, 0.4) is 0 Å². The van der Waals surface area contributed by atoms with Gasteiger partial charge in [0.15, 0.2) is 0 Å². The number of rotatable bonds is 19. The van der Waals surface area contributed by atoms with Crippen molar-refractivity contribution < 1.29 is 42.5 Å². The molecule has 0 N–H and O–H groups in total. The average molecular weight is 511 g/mol. The van der Waals surface area contributed by atoms with Crippen LogP contribution in [0.5, 0.6) is 0 Å². The van der Waals surface area contributed by atoms with Crippen molar-refractivity contribution in [2.24, 2.45) is 0 Å². The van der Waals surface area contributed by atoms with Crippen molar-refractivity contribution in [3.63, 3.8) is 0 Å². The van der Waals surface area contributed by atoms with Crippen LogP contribution >= 0.6 is 0 Å². The number of fused-ring (bicyclic) bond motifs is 1. The van der Waals surface area contributed by atoms with Gasteiger partial charge in [0.2, 0.25) is 0 Å². The predicted octanol–water partition coefficient (Wildman–Crippen LogP) is 6.11. The van der Waals surface area contributed by atoms with Gasteiger partial charge in [-0.25, -0.2) is 8.42 Å². The molecule has 192 valence electrons. The first-order valence-corrected chi connectivity index (χ1v) is 15.4. The van der Waals surface area contributed by atoms with E-state index in [0.717, 1.165) is 43.1 Å². The van der Waals surface area contributed by atoms with Gasteiger partial charge in [0.1, 0.15) is 10.1 Å². The topological polar surface area (TPSA) is 57.2 Å². The molecule has 0 saturated carbocycles. The van der Waals surface area contributed by atoms with Crippen LogP contribution in [0.2, 0.25) is 0 Å². The fourth-order valence-corrected chi connectivity index (χ4v) is 5.76. The summed E-state index contributed by atoms with van der Waals surface area (Å²) in [5.41, 5.74) is 2.31. The molecule has 0 aromatic heterocycles. The van der Waals surface area contributed by atoms with Crippen molar-refractivity contribution >= 4 is 20.9 Å². The van der Waals surface area contributed by atoms with Crippen molar-refractivity contribution in [2.45, 2.75) is 134 Å². The van der Waals surface area contributed by atoms with Crippen molar-refractivity contribution in [3.8, 4) is 0 Å². The first kappa shape index (κ1) is 32.6. The largest absolute Gasteiger partial charge is 1.00 e. The molecular formula is C30H47NaO3S. The Labute approximate surface area is 237 Å². The second-order valence-electron chi connectivity index (χ2n) is 10.0. The minimum Gasteiger partial charge on any atom is -0.744 e. The zero-order chi connectivity index (χ0) is 24.7. The van der Waals surface area contributed by atoms with Gasteiger partial charge in [-0.15, -0.1) is 0 Å². The minimum absolute atomic E-state index is 0. The number of hydrogen-bond acceptors (Lipinski definition) is 3. The van der Waals surface area contributed by atoms with E-state index in [0.29, 0.717) is 5.39 Å². The van der Waals surface area contributed by atoms with Crippen LogP contribution in [0.15, 0.2) is 35.2 Å². The van der Waals surface area contributed by atoms with E-state index in [1.54, 1.807) is 6.07 Å². The Morgan fingerprint density at radius 2 is 1.14 bits per heavy atom. The van der Waals surface area contributed by atoms with Gasteiger partial charge in [0, 0.05) is 5.39 Å². The predicted molar refractivity (Wildman–Crippen MR) is 145 cm³/mol. The molecule has 0 atom stereocenters. The van der Waals surface area contributed by atoms with Gasteiger partial charge < -0.3 is 4.55 Å². The molecule has 0 aliphatic rings. The van der Waals surface area contributed by atoms with Crippen molar-refractivity contribution in [1.29, 1.82) is 0 Å². The van der Waals surface area contributed by atoms with Crippen LogP contribution < -0.4 is 29.6 Å². The molecule has 2 aromatic carbocycles. The number of benzene rings is 2. The van der Waals surface area contributed by atoms with Crippen LogP contribution in [-0.4, -0.2) is 13.0 Å². The van der Waals surface area contributed by atoms with Gasteiger partial charge in [0.05, 0.1) is 4.90 Å². The summed E-state index contributed by atoms with van der Waals surface area (Å²) in [5.74, 6) is 0. The standard InChI is InChI=1S/C30H48O3S.Na/c1-3-5-7-9-11-13-15-17-20-26-24-27(21-18-16-14-12-10-8-6-4-2)30-28(25-26)22-19-23-29(30)34(31,32)33;/h19,22-25H,3-18,20-21H2,1-2H3,(H,31,32,33);/q;+1/p-1. The third-order valence-electron chi connectivity index (χ3n) is 6.97. The Balaban J connectivity index is 0.00000612. The zero-order valence-corrected chi connectivity index (χ0v) is 25.6. The molecule has 0 bridgehead atoms. The summed E-state index contributed by atoms with van der Waals surface area (Å²) in [6.07, 6.45) is 22.1. The van der Waals surface area contributed by atoms with Crippen LogP contribution in [0.4, 0.5) is 0 Å². The van der Waals surface area contributed by atoms with E-state index in [1.165, 1.54) is 95.1 Å². The van der Waals surface area contributed by atoms with Crippen molar-refractivity contribution in [3.05, 3.63) is 41.5 Å². The van der Waals surface area contributed by atoms with E-state index in [1.807, 2.05) is 6.07 Å². The molecule has 0 unspecified atom stereocenters. The third kappa shape index (κ3) is 12.6. The summed E-state index contributed by atoms with van der Waals surface area (Å²) in [4.78, 5) is -0.0572. The molecule has 0 spiro atoms. The van der Waals surface area contributed by atoms with Gasteiger partial charge in [0.25, 0.3) is 0 Å². The summed E-state index contributed by atoms with van der Waals surface area (Å²) in [6.45, 7) is 4.49. The quantitative estimate of drug-likeness (QED) is 0.130. The zero-order valence-electron chi connectivity index (χ0n) is 22.7. The number of unbranched alkanes of at least 4 members (excludes halogenated alkanes) is 14. The van der Waals surface area contributed by atoms with Crippen LogP contribution in [0, 0.1) is 0 Å². The van der Waals surface area contributed by atoms with Crippen LogP contribution in [0.1, 0.15) is 128 Å². The molecule has 0 aliphatic heterocycles. The smallest absolute Gasteiger partial charge is 0.744 e. The summed E-state index contributed by atoms with van der Waals surface area (Å²) in [6, 6.07) is 9.41. The maximum absolute atomic E-state index is 12.0. The van der Waals surface area contributed by atoms with E-state index in [9.17, 15) is 13.0 Å². The SMILES string of the molecule is CCCCCCCCCCc1cc(CCCCCCCCCC)c2c(S(=O)(=O)[O-])cccc2c1.[Na+]. The first-order valence-electron chi connectivity index (χ1n) is 14.0. The fraction of sp³-hybridized carbons (Fsp3) is 0.667. The summed E-state index contributed by atoms with van der Waals surface area (Å²) in [5, 5.41) is 1.55. The molecule has 0 heterocycles. The van der Waals surface area contributed by atoms with E-state index in [2.05, 4.69) is 26.0 Å². The van der Waals surface area contributed by atoms with Gasteiger partial charge in [-0.3, -0.25) is 0 Å². The molecule has 0 fully saturated rings. The van der Waals surface area contributed by atoms with Gasteiger partial charge in [-0.05, 0) is 48.3 Å². The summed E-state index contributed by atoms with van der Waals surface area (Å²) < 4.78 is 35.9. The molecule has 2 rings (SSSR count). The fourth-order valence-electron chi connectivity index (χ4n) is 5.01. The molecule has 35 heavy (non-hydrogen) atoms. The van der Waals surface area contributed by atoms with Gasteiger partial charge >= 0.3 is 29.6 Å². The van der Waals surface area contributed by atoms with E-state index < -0.39 is 10.1 Å². The minimum atomic E-state index is -4.50. The monoisotopic (exact) mass is 510 g/mol. The third-order valence-corrected chi connectivity index (χ3v) is 7.85. The van der Waals surface area contributed by atoms with E-state index in [4.69, 9.17) is 0 Å². The molecule has 2 aromatic rings. The Hall–Kier alpha value is -0.390. The van der Waals surface area contributed by atoms with Crippen molar-refractivity contribution in [2.75, 3.05) is 0 Å². The molecule has 5 heteroatoms. The molecule has 3 nitrogen and oxygen atoms in total. The Morgan fingerprint density at radius 3 is 1.66 bits per heavy atom. The first-order chi connectivity index (χ1) is 16.5. The average Bonchev–Trinajstić information content (AvgIpc) is 2.81. The van der Waals surface area contributed by atoms with Crippen LogP contribution in [-0.2, 0) is 23.0 Å². The Morgan fingerprint density at radius 1 is 0.657 bits per heavy atom. The molecule has 0 saturated heterocycles. The molecule has 0 aliphatic carbocycles. The Kier molecular flexibility index (Phi) is 17.5. The summed E-state index contributed by atoms with van der Waals surface area (Å²) in [7, 11) is -4.50. The van der Waals surface area contributed by atoms with Crippen LogP contribution in [0.25, 0.3) is 10.8 Å². The summed E-state index contributed by atoms with van der Waals surface area (Å²) >= 11 is 0. The maximum atomic E-state index is 12.0. The number of hydrogen-bond donors (Lipinski definition) is 0. The Bertz CT molecular complexity index is 940. The second kappa shape index (κ2) is 18.8. The van der Waals surface area contributed by atoms with Gasteiger partial charge in [-0.2, -0.15) is 0 Å². The molecule has 0 radical (unpaired) electrons. The van der Waals surface area contributed by atoms with E-state index >= 15 is 0 Å².